The molecule has 1 N–H and O–H groups in total. The van der Waals surface area contributed by atoms with Gasteiger partial charge in [0, 0.05) is 12.3 Å². The van der Waals surface area contributed by atoms with Gasteiger partial charge < -0.3 is 9.88 Å². The summed E-state index contributed by atoms with van der Waals surface area (Å²) in [6.07, 6.45) is 0. The zero-order chi connectivity index (χ0) is 20.1. The molecule has 0 aliphatic rings. The lowest BCUT2D eigenvalue weighted by molar-refractivity contribution is 0.0937. The molecule has 3 aromatic rings. The Bertz CT molecular complexity index is 955. The zero-order valence-electron chi connectivity index (χ0n) is 16.1. The quantitative estimate of drug-likeness (QED) is 0.550. The second-order valence-corrected chi connectivity index (χ2v) is 7.88. The summed E-state index contributed by atoms with van der Waals surface area (Å²) < 4.78 is 2.04. The highest BCUT2D eigenvalue weighted by atomic mass is 35.5. The summed E-state index contributed by atoms with van der Waals surface area (Å²) in [5.74, 6) is 1.32. The lowest BCUT2D eigenvalue weighted by Gasteiger charge is -2.15. The minimum absolute atomic E-state index is 0.224. The van der Waals surface area contributed by atoms with Crippen LogP contribution in [0.2, 0.25) is 5.02 Å². The predicted octanol–water partition coefficient (Wildman–Crippen LogP) is 5.04. The topological polar surface area (TPSA) is 59.8 Å². The van der Waals surface area contributed by atoms with Crippen molar-refractivity contribution in [3.8, 4) is 0 Å². The number of rotatable bonds is 7. The second kappa shape index (κ2) is 9.26. The maximum atomic E-state index is 12.5. The van der Waals surface area contributed by atoms with Crippen molar-refractivity contribution in [2.75, 3.05) is 0 Å². The van der Waals surface area contributed by atoms with Gasteiger partial charge in [-0.25, -0.2) is 0 Å². The van der Waals surface area contributed by atoms with Crippen molar-refractivity contribution < 1.29 is 4.79 Å². The number of carbonyl (C=O) groups excluding carboxylic acids is 1. The van der Waals surface area contributed by atoms with Crippen LogP contribution < -0.4 is 5.32 Å². The fourth-order valence-corrected chi connectivity index (χ4v) is 4.03. The summed E-state index contributed by atoms with van der Waals surface area (Å²) in [7, 11) is 0. The van der Waals surface area contributed by atoms with Gasteiger partial charge in [-0.2, -0.15) is 0 Å². The van der Waals surface area contributed by atoms with E-state index in [0.717, 1.165) is 23.3 Å². The van der Waals surface area contributed by atoms with Gasteiger partial charge in [0.2, 0.25) is 0 Å². The third-order valence-electron chi connectivity index (χ3n) is 4.40. The van der Waals surface area contributed by atoms with E-state index in [4.69, 9.17) is 11.6 Å². The van der Waals surface area contributed by atoms with Crippen molar-refractivity contribution >= 4 is 29.3 Å². The van der Waals surface area contributed by atoms with Crippen LogP contribution in [0.25, 0.3) is 0 Å². The maximum Gasteiger partial charge on any atom is 0.253 e. The van der Waals surface area contributed by atoms with Gasteiger partial charge in [0.1, 0.15) is 0 Å². The maximum absolute atomic E-state index is 12.5. The fourth-order valence-electron chi connectivity index (χ4n) is 2.84. The molecular weight excluding hydrogens is 392 g/mol. The molecule has 2 aromatic carbocycles. The first-order chi connectivity index (χ1) is 13.5. The second-order valence-electron chi connectivity index (χ2n) is 6.53. The highest BCUT2D eigenvalue weighted by Gasteiger charge is 2.20. The summed E-state index contributed by atoms with van der Waals surface area (Å²) >= 11 is 7.77. The monoisotopic (exact) mass is 414 g/mol. The molecule has 1 amide bonds. The number of thioether (sulfide) groups is 1. The van der Waals surface area contributed by atoms with Crippen LogP contribution in [0.3, 0.4) is 0 Å². The lowest BCUT2D eigenvalue weighted by atomic mass is 10.2. The first-order valence-corrected chi connectivity index (χ1v) is 10.5. The Balaban J connectivity index is 1.70. The first-order valence-electron chi connectivity index (χ1n) is 9.16. The molecule has 3 rings (SSSR count). The average molecular weight is 415 g/mol. The van der Waals surface area contributed by atoms with Crippen LogP contribution in [0.15, 0.2) is 53.7 Å². The van der Waals surface area contributed by atoms with Crippen molar-refractivity contribution in [3.63, 3.8) is 0 Å². The van der Waals surface area contributed by atoms with E-state index in [0.29, 0.717) is 10.6 Å². The largest absolute Gasteiger partial charge is 0.342 e. The Kier molecular flexibility index (Phi) is 6.75. The number of carbonyl (C=O) groups is 1. The van der Waals surface area contributed by atoms with E-state index < -0.39 is 0 Å². The van der Waals surface area contributed by atoms with E-state index in [9.17, 15) is 4.79 Å². The number of halogens is 1. The van der Waals surface area contributed by atoms with Crippen molar-refractivity contribution in [1.29, 1.82) is 0 Å². The van der Waals surface area contributed by atoms with E-state index in [1.54, 1.807) is 36.0 Å². The van der Waals surface area contributed by atoms with E-state index in [2.05, 4.69) is 46.7 Å². The van der Waals surface area contributed by atoms with E-state index in [1.165, 1.54) is 11.1 Å². The standard InChI is InChI=1S/C21H23ClN4OS/c1-4-26-19(15(3)23-20(27)17-7-5-6-8-18(17)22)24-25-21(26)28-13-16-11-9-14(2)10-12-16/h5-12,15H,4,13H2,1-3H3,(H,23,27). The van der Waals surface area contributed by atoms with E-state index >= 15 is 0 Å². The van der Waals surface area contributed by atoms with Gasteiger partial charge in [-0.1, -0.05) is 65.3 Å². The van der Waals surface area contributed by atoms with Gasteiger partial charge >= 0.3 is 0 Å². The van der Waals surface area contributed by atoms with Crippen molar-refractivity contribution in [2.24, 2.45) is 0 Å². The van der Waals surface area contributed by atoms with Crippen molar-refractivity contribution in [3.05, 3.63) is 76.1 Å². The Morgan fingerprint density at radius 1 is 1.18 bits per heavy atom. The minimum atomic E-state index is -0.287. The van der Waals surface area contributed by atoms with Crippen LogP contribution in [0, 0.1) is 6.92 Å². The van der Waals surface area contributed by atoms with Crippen LogP contribution in [-0.2, 0) is 12.3 Å². The molecule has 0 aliphatic heterocycles. The lowest BCUT2D eigenvalue weighted by Crippen LogP contribution is -2.29. The number of amides is 1. The first kappa shape index (κ1) is 20.4. The van der Waals surface area contributed by atoms with E-state index in [1.807, 2.05) is 18.4 Å². The van der Waals surface area contributed by atoms with Crippen LogP contribution in [-0.4, -0.2) is 20.7 Å². The molecule has 1 atom stereocenters. The zero-order valence-corrected chi connectivity index (χ0v) is 17.7. The molecule has 28 heavy (non-hydrogen) atoms. The molecule has 1 heterocycles. The van der Waals surface area contributed by atoms with Gasteiger partial charge in [0.25, 0.3) is 5.91 Å². The summed E-state index contributed by atoms with van der Waals surface area (Å²) in [6.45, 7) is 6.75. The molecular formula is C21H23ClN4OS. The Hall–Kier alpha value is -2.31. The Morgan fingerprint density at radius 2 is 1.89 bits per heavy atom. The van der Waals surface area contributed by atoms with Gasteiger partial charge in [-0.05, 0) is 38.5 Å². The molecule has 7 heteroatoms. The molecule has 0 saturated carbocycles. The summed E-state index contributed by atoms with van der Waals surface area (Å²) in [4.78, 5) is 12.5. The predicted molar refractivity (Wildman–Crippen MR) is 114 cm³/mol. The van der Waals surface area contributed by atoms with Crippen LogP contribution in [0.4, 0.5) is 0 Å². The van der Waals surface area contributed by atoms with Gasteiger partial charge in [0.05, 0.1) is 16.6 Å². The molecule has 0 aliphatic carbocycles. The summed E-state index contributed by atoms with van der Waals surface area (Å²) in [5, 5.41) is 12.9. The van der Waals surface area contributed by atoms with Crippen LogP contribution in [0.1, 0.15) is 47.2 Å². The summed E-state index contributed by atoms with van der Waals surface area (Å²) in [5.41, 5.74) is 2.94. The molecule has 5 nitrogen and oxygen atoms in total. The fraction of sp³-hybridized carbons (Fsp3) is 0.286. The SMILES string of the molecule is CCn1c(SCc2ccc(C)cc2)nnc1C(C)NC(=O)c1ccccc1Cl. The van der Waals surface area contributed by atoms with Crippen LogP contribution in [0.5, 0.6) is 0 Å². The molecule has 0 saturated heterocycles. The van der Waals surface area contributed by atoms with Crippen molar-refractivity contribution in [2.45, 2.75) is 44.3 Å². The normalized spacial score (nSPS) is 12.0. The van der Waals surface area contributed by atoms with Gasteiger partial charge in [0.15, 0.2) is 11.0 Å². The number of aryl methyl sites for hydroxylation is 1. The third kappa shape index (κ3) is 4.75. The molecule has 0 spiro atoms. The van der Waals surface area contributed by atoms with Gasteiger partial charge in [-0.3, -0.25) is 4.79 Å². The Labute approximate surface area is 174 Å². The number of nitrogens with zero attached hydrogens (tertiary/aromatic N) is 3. The van der Waals surface area contributed by atoms with Crippen molar-refractivity contribution in [1.82, 2.24) is 20.1 Å². The number of benzene rings is 2. The number of aromatic nitrogens is 3. The smallest absolute Gasteiger partial charge is 0.253 e. The molecule has 0 fully saturated rings. The third-order valence-corrected chi connectivity index (χ3v) is 5.77. The number of hydrogen-bond acceptors (Lipinski definition) is 4. The molecule has 146 valence electrons. The average Bonchev–Trinajstić information content (AvgIpc) is 3.11. The van der Waals surface area contributed by atoms with E-state index in [-0.39, 0.29) is 11.9 Å². The molecule has 1 aromatic heterocycles. The molecule has 0 bridgehead atoms. The Morgan fingerprint density at radius 3 is 2.57 bits per heavy atom. The molecule has 1 unspecified atom stereocenters. The summed E-state index contributed by atoms with van der Waals surface area (Å²) in [6, 6.07) is 15.2. The number of hydrogen-bond donors (Lipinski definition) is 1. The highest BCUT2D eigenvalue weighted by molar-refractivity contribution is 7.98. The molecule has 0 radical (unpaired) electrons. The minimum Gasteiger partial charge on any atom is -0.342 e. The van der Waals surface area contributed by atoms with Gasteiger partial charge in [-0.15, -0.1) is 10.2 Å². The van der Waals surface area contributed by atoms with Crippen LogP contribution >= 0.6 is 23.4 Å². The number of nitrogens with one attached hydrogen (secondary N) is 1. The highest BCUT2D eigenvalue weighted by Crippen LogP contribution is 2.24.